The van der Waals surface area contributed by atoms with Gasteiger partial charge in [0.15, 0.2) is 11.5 Å². The van der Waals surface area contributed by atoms with Crippen molar-refractivity contribution in [3.63, 3.8) is 0 Å². The minimum atomic E-state index is -0.0117. The molecule has 4 rings (SSSR count). The number of nitrogens with zero attached hydrogens (tertiary/aromatic N) is 2. The van der Waals surface area contributed by atoms with Crippen LogP contribution in [0.1, 0.15) is 43.1 Å². The summed E-state index contributed by atoms with van der Waals surface area (Å²) in [4.78, 5) is 14.8. The first kappa shape index (κ1) is 15.9. The van der Waals surface area contributed by atoms with Crippen LogP contribution in [0.2, 0.25) is 0 Å². The molecular formula is C21H22N2O2. The van der Waals surface area contributed by atoms with E-state index in [1.54, 1.807) is 6.07 Å². The normalized spacial score (nSPS) is 17.8. The zero-order valence-corrected chi connectivity index (χ0v) is 14.4. The smallest absolute Gasteiger partial charge is 0.276 e. The van der Waals surface area contributed by atoms with Crippen LogP contribution in [-0.2, 0) is 0 Å². The molecule has 0 bridgehead atoms. The van der Waals surface area contributed by atoms with Gasteiger partial charge in [-0.15, -0.1) is 0 Å². The third-order valence-electron chi connectivity index (χ3n) is 5.12. The predicted molar refractivity (Wildman–Crippen MR) is 98.4 cm³/mol. The van der Waals surface area contributed by atoms with Crippen molar-refractivity contribution in [2.24, 2.45) is 0 Å². The van der Waals surface area contributed by atoms with Gasteiger partial charge in [0.25, 0.3) is 5.91 Å². The Morgan fingerprint density at radius 3 is 2.84 bits per heavy atom. The van der Waals surface area contributed by atoms with Gasteiger partial charge in [0.2, 0.25) is 0 Å². The summed E-state index contributed by atoms with van der Waals surface area (Å²) < 4.78 is 5.48. The second-order valence-electron chi connectivity index (χ2n) is 6.69. The molecule has 1 fully saturated rings. The van der Waals surface area contributed by atoms with Crippen LogP contribution < -0.4 is 0 Å². The number of carbonyl (C=O) groups is 1. The lowest BCUT2D eigenvalue weighted by Crippen LogP contribution is -2.43. The van der Waals surface area contributed by atoms with Gasteiger partial charge in [0.05, 0.1) is 0 Å². The summed E-state index contributed by atoms with van der Waals surface area (Å²) in [6.07, 6.45) is 4.33. The average Bonchev–Trinajstić information content (AvgIpc) is 3.17. The predicted octanol–water partition coefficient (Wildman–Crippen LogP) is 4.90. The summed E-state index contributed by atoms with van der Waals surface area (Å²) in [5.41, 5.74) is 1.35. The quantitative estimate of drug-likeness (QED) is 0.684. The SMILES string of the molecule is CC[C@@H]1CCCCN1C(=O)c1cc(-c2ccc3ccccc3c2)on1. The van der Waals surface area contributed by atoms with Crippen LogP contribution in [0.4, 0.5) is 0 Å². The molecule has 1 aromatic heterocycles. The standard InChI is InChI=1S/C21H22N2O2/c1-2-18-9-5-6-12-23(18)21(24)19-14-20(25-22-19)17-11-10-15-7-3-4-8-16(15)13-17/h3-4,7-8,10-11,13-14,18H,2,5-6,9,12H2,1H3/t18-/m1/s1. The maximum atomic E-state index is 12.8. The number of carbonyl (C=O) groups excluding carboxylic acids is 1. The highest BCUT2D eigenvalue weighted by atomic mass is 16.5. The van der Waals surface area contributed by atoms with Gasteiger partial charge in [-0.05, 0) is 42.5 Å². The highest BCUT2D eigenvalue weighted by molar-refractivity contribution is 5.94. The first-order chi connectivity index (χ1) is 12.3. The molecule has 128 valence electrons. The van der Waals surface area contributed by atoms with Crippen LogP contribution in [0.15, 0.2) is 53.1 Å². The van der Waals surface area contributed by atoms with Crippen LogP contribution in [0.5, 0.6) is 0 Å². The van der Waals surface area contributed by atoms with E-state index in [-0.39, 0.29) is 5.91 Å². The van der Waals surface area contributed by atoms with E-state index in [0.717, 1.165) is 36.8 Å². The highest BCUT2D eigenvalue weighted by Crippen LogP contribution is 2.27. The maximum absolute atomic E-state index is 12.8. The Bertz CT molecular complexity index is 900. The van der Waals surface area contributed by atoms with Crippen LogP contribution in [-0.4, -0.2) is 28.6 Å². The second-order valence-corrected chi connectivity index (χ2v) is 6.69. The van der Waals surface area contributed by atoms with Crippen LogP contribution in [0, 0.1) is 0 Å². The Kier molecular flexibility index (Phi) is 4.26. The van der Waals surface area contributed by atoms with Crippen molar-refractivity contribution in [2.75, 3.05) is 6.54 Å². The van der Waals surface area contributed by atoms with Crippen molar-refractivity contribution in [1.29, 1.82) is 0 Å². The summed E-state index contributed by atoms with van der Waals surface area (Å²) in [6, 6.07) is 16.4. The van der Waals surface area contributed by atoms with E-state index in [0.29, 0.717) is 17.5 Å². The fraction of sp³-hybridized carbons (Fsp3) is 0.333. The number of amides is 1. The Morgan fingerprint density at radius 1 is 1.16 bits per heavy atom. The Hall–Kier alpha value is -2.62. The molecule has 0 radical (unpaired) electrons. The molecule has 0 aliphatic carbocycles. The molecular weight excluding hydrogens is 312 g/mol. The molecule has 4 nitrogen and oxygen atoms in total. The number of hydrogen-bond donors (Lipinski definition) is 0. The van der Waals surface area contributed by atoms with E-state index in [4.69, 9.17) is 4.52 Å². The molecule has 1 amide bonds. The average molecular weight is 334 g/mol. The minimum absolute atomic E-state index is 0.0117. The Morgan fingerprint density at radius 2 is 2.00 bits per heavy atom. The molecule has 2 aromatic carbocycles. The summed E-state index contributed by atoms with van der Waals surface area (Å²) >= 11 is 0. The fourth-order valence-corrected chi connectivity index (χ4v) is 3.69. The van der Waals surface area contributed by atoms with Gasteiger partial charge in [-0.1, -0.05) is 48.5 Å². The third kappa shape index (κ3) is 3.04. The second kappa shape index (κ2) is 6.71. The molecule has 4 heteroatoms. The number of benzene rings is 2. The molecule has 0 spiro atoms. The van der Waals surface area contributed by atoms with Crippen LogP contribution in [0.3, 0.4) is 0 Å². The molecule has 1 aliphatic heterocycles. The largest absolute Gasteiger partial charge is 0.355 e. The number of hydrogen-bond acceptors (Lipinski definition) is 3. The molecule has 3 aromatic rings. The van der Waals surface area contributed by atoms with E-state index >= 15 is 0 Å². The number of fused-ring (bicyclic) bond motifs is 1. The molecule has 0 N–H and O–H groups in total. The van der Waals surface area contributed by atoms with E-state index in [9.17, 15) is 4.79 Å². The zero-order valence-electron chi connectivity index (χ0n) is 14.4. The summed E-state index contributed by atoms with van der Waals surface area (Å²) in [6.45, 7) is 2.95. The number of rotatable bonds is 3. The first-order valence-electron chi connectivity index (χ1n) is 9.03. The lowest BCUT2D eigenvalue weighted by Gasteiger charge is -2.34. The van der Waals surface area contributed by atoms with Gasteiger partial charge in [0, 0.05) is 24.2 Å². The van der Waals surface area contributed by atoms with E-state index in [2.05, 4.69) is 36.3 Å². The molecule has 1 atom stereocenters. The summed E-state index contributed by atoms with van der Waals surface area (Å²) in [5.74, 6) is 0.626. The first-order valence-corrected chi connectivity index (χ1v) is 9.03. The van der Waals surface area contributed by atoms with Crippen molar-refractivity contribution in [3.05, 3.63) is 54.2 Å². The van der Waals surface area contributed by atoms with Gasteiger partial charge in [-0.2, -0.15) is 0 Å². The maximum Gasteiger partial charge on any atom is 0.276 e. The monoisotopic (exact) mass is 334 g/mol. The van der Waals surface area contributed by atoms with Gasteiger partial charge < -0.3 is 9.42 Å². The van der Waals surface area contributed by atoms with Crippen molar-refractivity contribution < 1.29 is 9.32 Å². The minimum Gasteiger partial charge on any atom is -0.355 e. The van der Waals surface area contributed by atoms with Crippen molar-refractivity contribution in [1.82, 2.24) is 10.1 Å². The lowest BCUT2D eigenvalue weighted by molar-refractivity contribution is 0.0597. The topological polar surface area (TPSA) is 46.3 Å². The zero-order chi connectivity index (χ0) is 17.2. The van der Waals surface area contributed by atoms with Crippen molar-refractivity contribution in [2.45, 2.75) is 38.6 Å². The van der Waals surface area contributed by atoms with Crippen molar-refractivity contribution >= 4 is 16.7 Å². The fourth-order valence-electron chi connectivity index (χ4n) is 3.69. The van der Waals surface area contributed by atoms with E-state index in [1.807, 2.05) is 23.1 Å². The van der Waals surface area contributed by atoms with E-state index in [1.165, 1.54) is 11.8 Å². The van der Waals surface area contributed by atoms with Gasteiger partial charge >= 0.3 is 0 Å². The molecule has 1 aliphatic rings. The van der Waals surface area contributed by atoms with Crippen LogP contribution >= 0.6 is 0 Å². The molecule has 0 unspecified atom stereocenters. The van der Waals surface area contributed by atoms with Gasteiger partial charge in [-0.25, -0.2) is 0 Å². The van der Waals surface area contributed by atoms with Crippen molar-refractivity contribution in [3.8, 4) is 11.3 Å². The molecule has 25 heavy (non-hydrogen) atoms. The van der Waals surface area contributed by atoms with Gasteiger partial charge in [-0.3, -0.25) is 4.79 Å². The van der Waals surface area contributed by atoms with Crippen LogP contribution in [0.25, 0.3) is 22.1 Å². The number of piperidine rings is 1. The molecule has 0 saturated carbocycles. The molecule has 1 saturated heterocycles. The van der Waals surface area contributed by atoms with E-state index < -0.39 is 0 Å². The summed E-state index contributed by atoms with van der Waals surface area (Å²) in [5, 5.41) is 6.38. The number of aromatic nitrogens is 1. The van der Waals surface area contributed by atoms with Gasteiger partial charge in [0.1, 0.15) is 0 Å². The highest BCUT2D eigenvalue weighted by Gasteiger charge is 2.28. The number of likely N-dealkylation sites (tertiary alicyclic amines) is 1. The Balaban J connectivity index is 1.61. The Labute approximate surface area is 147 Å². The summed E-state index contributed by atoms with van der Waals surface area (Å²) in [7, 11) is 0. The lowest BCUT2D eigenvalue weighted by atomic mass is 9.99. The third-order valence-corrected chi connectivity index (χ3v) is 5.12. The molecule has 2 heterocycles.